The lowest BCUT2D eigenvalue weighted by Gasteiger charge is -2.25. The van der Waals surface area contributed by atoms with Gasteiger partial charge in [-0.25, -0.2) is 0 Å². The molecule has 0 fully saturated rings. The van der Waals surface area contributed by atoms with E-state index in [1.807, 2.05) is 19.1 Å². The summed E-state index contributed by atoms with van der Waals surface area (Å²) < 4.78 is 22.0. The molecule has 0 aromatic heterocycles. The van der Waals surface area contributed by atoms with Gasteiger partial charge in [-0.2, -0.15) is 0 Å². The summed E-state index contributed by atoms with van der Waals surface area (Å²) in [6.45, 7) is 2.60. The maximum absolute atomic E-state index is 12.4. The fourth-order valence-electron chi connectivity index (χ4n) is 2.39. The standard InChI is InChI=1S/C18H19NO5/c1-3-22-14-9-8-12(10-16(14)21-2)19-18(20)17-11-23-13-6-4-5-7-15(13)24-17/h4-10,17H,3,11H2,1-2H3,(H,19,20)/t17-/m0/s1. The normalized spacial score (nSPS) is 15.5. The number of ether oxygens (including phenoxy) is 4. The SMILES string of the molecule is CCOc1ccc(NC(=O)[C@@H]2COc3ccccc3O2)cc1OC. The van der Waals surface area contributed by atoms with Gasteiger partial charge in [-0.3, -0.25) is 4.79 Å². The number of amides is 1. The van der Waals surface area contributed by atoms with Crippen molar-refractivity contribution >= 4 is 11.6 Å². The van der Waals surface area contributed by atoms with Gasteiger partial charge in [-0.1, -0.05) is 12.1 Å². The van der Waals surface area contributed by atoms with E-state index in [1.165, 1.54) is 0 Å². The van der Waals surface area contributed by atoms with Crippen molar-refractivity contribution in [2.45, 2.75) is 13.0 Å². The van der Waals surface area contributed by atoms with Gasteiger partial charge < -0.3 is 24.3 Å². The molecule has 6 nitrogen and oxygen atoms in total. The van der Waals surface area contributed by atoms with Crippen LogP contribution in [0.5, 0.6) is 23.0 Å². The van der Waals surface area contributed by atoms with Crippen molar-refractivity contribution in [1.82, 2.24) is 0 Å². The van der Waals surface area contributed by atoms with Crippen LogP contribution in [-0.2, 0) is 4.79 Å². The van der Waals surface area contributed by atoms with Crippen LogP contribution in [0.3, 0.4) is 0 Å². The second-order valence-electron chi connectivity index (χ2n) is 5.15. The number of para-hydroxylation sites is 2. The largest absolute Gasteiger partial charge is 0.493 e. The Kier molecular flexibility index (Phi) is 4.74. The minimum atomic E-state index is -0.711. The van der Waals surface area contributed by atoms with Crippen LogP contribution in [-0.4, -0.2) is 32.3 Å². The summed E-state index contributed by atoms with van der Waals surface area (Å²) in [7, 11) is 1.55. The van der Waals surface area contributed by atoms with Crippen molar-refractivity contribution in [3.8, 4) is 23.0 Å². The Balaban J connectivity index is 1.69. The molecule has 1 atom stereocenters. The second-order valence-corrected chi connectivity index (χ2v) is 5.15. The van der Waals surface area contributed by atoms with Gasteiger partial charge in [0.05, 0.1) is 13.7 Å². The van der Waals surface area contributed by atoms with Crippen LogP contribution in [0.2, 0.25) is 0 Å². The van der Waals surface area contributed by atoms with E-state index in [4.69, 9.17) is 18.9 Å². The zero-order chi connectivity index (χ0) is 16.9. The molecule has 1 aliphatic rings. The molecule has 3 rings (SSSR count). The first-order valence-corrected chi connectivity index (χ1v) is 7.71. The molecule has 2 aromatic carbocycles. The molecule has 0 spiro atoms. The van der Waals surface area contributed by atoms with Crippen LogP contribution in [0.15, 0.2) is 42.5 Å². The molecule has 1 heterocycles. The summed E-state index contributed by atoms with van der Waals surface area (Å²) >= 11 is 0. The number of methoxy groups -OCH3 is 1. The number of nitrogens with one attached hydrogen (secondary N) is 1. The molecule has 0 saturated heterocycles. The van der Waals surface area contributed by atoms with Gasteiger partial charge in [0.1, 0.15) is 6.61 Å². The van der Waals surface area contributed by atoms with Gasteiger partial charge in [-0.05, 0) is 31.2 Å². The zero-order valence-corrected chi connectivity index (χ0v) is 13.6. The molecule has 1 N–H and O–H groups in total. The minimum absolute atomic E-state index is 0.164. The Hall–Kier alpha value is -2.89. The van der Waals surface area contributed by atoms with Gasteiger partial charge in [0, 0.05) is 11.8 Å². The third kappa shape index (κ3) is 3.37. The Morgan fingerprint density at radius 1 is 1.21 bits per heavy atom. The second kappa shape index (κ2) is 7.12. The van der Waals surface area contributed by atoms with Gasteiger partial charge in [0.2, 0.25) is 6.10 Å². The third-order valence-corrected chi connectivity index (χ3v) is 3.53. The predicted molar refractivity (Wildman–Crippen MR) is 89.1 cm³/mol. The molecule has 1 amide bonds. The zero-order valence-electron chi connectivity index (χ0n) is 13.6. The average molecular weight is 329 g/mol. The summed E-state index contributed by atoms with van der Waals surface area (Å²) in [4.78, 5) is 12.4. The fourth-order valence-corrected chi connectivity index (χ4v) is 2.39. The highest BCUT2D eigenvalue weighted by molar-refractivity contribution is 5.95. The molecule has 0 aliphatic carbocycles. The molecular formula is C18H19NO5. The van der Waals surface area contributed by atoms with Gasteiger partial charge in [0.15, 0.2) is 23.0 Å². The number of fused-ring (bicyclic) bond motifs is 1. The lowest BCUT2D eigenvalue weighted by atomic mass is 10.2. The van der Waals surface area contributed by atoms with Crippen LogP contribution >= 0.6 is 0 Å². The molecular weight excluding hydrogens is 310 g/mol. The maximum atomic E-state index is 12.4. The number of hydrogen-bond acceptors (Lipinski definition) is 5. The summed E-state index contributed by atoms with van der Waals surface area (Å²) in [6, 6.07) is 12.5. The number of hydrogen-bond donors (Lipinski definition) is 1. The molecule has 0 saturated carbocycles. The van der Waals surface area contributed by atoms with E-state index < -0.39 is 6.10 Å². The molecule has 1 aliphatic heterocycles. The maximum Gasteiger partial charge on any atom is 0.269 e. The van der Waals surface area contributed by atoms with Gasteiger partial charge in [0.25, 0.3) is 5.91 Å². The van der Waals surface area contributed by atoms with Crippen molar-refractivity contribution in [3.63, 3.8) is 0 Å². The first kappa shape index (κ1) is 16.0. The molecule has 0 bridgehead atoms. The van der Waals surface area contributed by atoms with Gasteiger partial charge in [-0.15, -0.1) is 0 Å². The van der Waals surface area contributed by atoms with Gasteiger partial charge >= 0.3 is 0 Å². The van der Waals surface area contributed by atoms with Crippen LogP contribution in [0.1, 0.15) is 6.92 Å². The summed E-state index contributed by atoms with van der Waals surface area (Å²) in [6.07, 6.45) is -0.711. The predicted octanol–water partition coefficient (Wildman–Crippen LogP) is 2.87. The number of rotatable bonds is 5. The first-order chi connectivity index (χ1) is 11.7. The van der Waals surface area contributed by atoms with E-state index in [0.29, 0.717) is 35.3 Å². The van der Waals surface area contributed by atoms with Crippen LogP contribution in [0, 0.1) is 0 Å². The van der Waals surface area contributed by atoms with Crippen molar-refractivity contribution in [2.75, 3.05) is 25.6 Å². The van der Waals surface area contributed by atoms with Crippen LogP contribution in [0.25, 0.3) is 0 Å². The highest BCUT2D eigenvalue weighted by Crippen LogP contribution is 2.32. The molecule has 0 radical (unpaired) electrons. The lowest BCUT2D eigenvalue weighted by molar-refractivity contribution is -0.125. The molecule has 126 valence electrons. The van der Waals surface area contributed by atoms with Crippen LogP contribution < -0.4 is 24.3 Å². The highest BCUT2D eigenvalue weighted by Gasteiger charge is 2.27. The number of anilines is 1. The average Bonchev–Trinajstić information content (AvgIpc) is 2.62. The van der Waals surface area contributed by atoms with Crippen molar-refractivity contribution < 1.29 is 23.7 Å². The Bertz CT molecular complexity index is 731. The number of benzene rings is 2. The fraction of sp³-hybridized carbons (Fsp3) is 0.278. The quantitative estimate of drug-likeness (QED) is 0.914. The molecule has 2 aromatic rings. The first-order valence-electron chi connectivity index (χ1n) is 7.71. The summed E-state index contributed by atoms with van der Waals surface area (Å²) in [5.41, 5.74) is 0.600. The van der Waals surface area contributed by atoms with E-state index in [0.717, 1.165) is 0 Å². The Labute approximate surface area is 140 Å². The van der Waals surface area contributed by atoms with Crippen molar-refractivity contribution in [2.24, 2.45) is 0 Å². The molecule has 24 heavy (non-hydrogen) atoms. The van der Waals surface area contributed by atoms with E-state index in [2.05, 4.69) is 5.32 Å². The Morgan fingerprint density at radius 2 is 2.00 bits per heavy atom. The lowest BCUT2D eigenvalue weighted by Crippen LogP contribution is -2.40. The topological polar surface area (TPSA) is 66.0 Å². The number of carbonyl (C=O) groups is 1. The molecule has 0 unspecified atom stereocenters. The molecule has 6 heteroatoms. The van der Waals surface area contributed by atoms with E-state index in [1.54, 1.807) is 37.4 Å². The smallest absolute Gasteiger partial charge is 0.269 e. The Morgan fingerprint density at radius 3 is 2.75 bits per heavy atom. The van der Waals surface area contributed by atoms with Crippen LogP contribution in [0.4, 0.5) is 5.69 Å². The summed E-state index contributed by atoms with van der Waals surface area (Å²) in [5.74, 6) is 2.11. The monoisotopic (exact) mass is 329 g/mol. The highest BCUT2D eigenvalue weighted by atomic mass is 16.6. The third-order valence-electron chi connectivity index (χ3n) is 3.53. The van der Waals surface area contributed by atoms with E-state index >= 15 is 0 Å². The van der Waals surface area contributed by atoms with Crippen molar-refractivity contribution in [3.05, 3.63) is 42.5 Å². The van der Waals surface area contributed by atoms with Crippen molar-refractivity contribution in [1.29, 1.82) is 0 Å². The van der Waals surface area contributed by atoms with E-state index in [9.17, 15) is 4.79 Å². The summed E-state index contributed by atoms with van der Waals surface area (Å²) in [5, 5.41) is 2.81. The number of carbonyl (C=O) groups excluding carboxylic acids is 1. The minimum Gasteiger partial charge on any atom is -0.493 e. The van der Waals surface area contributed by atoms with E-state index in [-0.39, 0.29) is 12.5 Å².